The van der Waals surface area contributed by atoms with Crippen molar-refractivity contribution in [2.45, 2.75) is 6.36 Å². The van der Waals surface area contributed by atoms with Crippen LogP contribution in [0.15, 0.2) is 88.0 Å². The largest absolute Gasteiger partial charge is 0.573 e. The molecule has 3 aromatic carbocycles. The third kappa shape index (κ3) is 3.71. The summed E-state index contributed by atoms with van der Waals surface area (Å²) in [5.74, 6) is -1.48. The second-order valence-electron chi connectivity index (χ2n) is 7.05. The van der Waals surface area contributed by atoms with E-state index < -0.39 is 18.0 Å². The smallest absolute Gasteiger partial charge is 0.493 e. The number of alkyl halides is 3. The molecule has 1 aliphatic rings. The Bertz CT molecular complexity index is 1560. The molecular weight excluding hydrogens is 437 g/mol. The summed E-state index contributed by atoms with van der Waals surface area (Å²) in [6.45, 7) is 0. The first-order valence-corrected chi connectivity index (χ1v) is 9.64. The molecule has 164 valence electrons. The molecule has 0 bridgehead atoms. The van der Waals surface area contributed by atoms with Crippen LogP contribution in [0.5, 0.6) is 11.6 Å². The molecule has 1 aromatic heterocycles. The summed E-state index contributed by atoms with van der Waals surface area (Å²) in [6.07, 6.45) is -4.89. The second-order valence-corrected chi connectivity index (χ2v) is 7.05. The number of ether oxygens (including phenoxy) is 1. The number of carbonyl (C=O) groups is 1. The number of aromatic nitrogens is 1. The predicted octanol–water partition coefficient (Wildman–Crippen LogP) is 4.29. The molecule has 0 saturated carbocycles. The van der Waals surface area contributed by atoms with Crippen LogP contribution in [-0.4, -0.2) is 21.9 Å². The maximum Gasteiger partial charge on any atom is 0.573 e. The van der Waals surface area contributed by atoms with Crippen molar-refractivity contribution in [3.8, 4) is 17.3 Å². The summed E-state index contributed by atoms with van der Waals surface area (Å²) in [6, 6.07) is 19.5. The number of nitrogens with zero attached hydrogens (tertiary/aromatic N) is 4. The lowest BCUT2D eigenvalue weighted by molar-refractivity contribution is -0.274. The number of azo groups is 1. The summed E-state index contributed by atoms with van der Waals surface area (Å²) in [5.41, 5.74) is 1.19. The highest BCUT2D eigenvalue weighted by molar-refractivity contribution is 6.14. The van der Waals surface area contributed by atoms with Gasteiger partial charge in [0.2, 0.25) is 5.88 Å². The van der Waals surface area contributed by atoms with Gasteiger partial charge in [0.05, 0.1) is 10.9 Å². The number of rotatable bonds is 4. The highest BCUT2D eigenvalue weighted by atomic mass is 19.4. The van der Waals surface area contributed by atoms with Crippen LogP contribution in [0.4, 0.5) is 18.9 Å². The van der Waals surface area contributed by atoms with Crippen molar-refractivity contribution in [1.29, 1.82) is 0 Å². The lowest BCUT2D eigenvalue weighted by Crippen LogP contribution is -2.25. The Morgan fingerprint density at radius 1 is 0.939 bits per heavy atom. The van der Waals surface area contributed by atoms with Crippen LogP contribution in [0.1, 0.15) is 0 Å². The number of aromatic hydroxyl groups is 1. The number of halogens is 3. The van der Waals surface area contributed by atoms with Crippen molar-refractivity contribution in [3.05, 3.63) is 83.4 Å². The summed E-state index contributed by atoms with van der Waals surface area (Å²) in [7, 11) is 0. The molecule has 0 spiro atoms. The molecule has 0 atom stereocenters. The number of amides is 1. The first kappa shape index (κ1) is 20.4. The van der Waals surface area contributed by atoms with E-state index in [9.17, 15) is 23.1 Å². The van der Waals surface area contributed by atoms with E-state index in [0.717, 1.165) is 12.1 Å². The van der Waals surface area contributed by atoms with Gasteiger partial charge in [0.1, 0.15) is 5.75 Å². The molecule has 0 unspecified atom stereocenters. The summed E-state index contributed by atoms with van der Waals surface area (Å²) >= 11 is 0. The van der Waals surface area contributed by atoms with Gasteiger partial charge in [-0.05, 0) is 36.4 Å². The van der Waals surface area contributed by atoms with Crippen LogP contribution < -0.4 is 15.3 Å². The van der Waals surface area contributed by atoms with Crippen molar-refractivity contribution < 1.29 is 27.8 Å². The Morgan fingerprint density at radius 2 is 1.67 bits per heavy atom. The molecular formula is C23H13F3N4O3. The van der Waals surface area contributed by atoms with Crippen molar-refractivity contribution in [3.63, 3.8) is 0 Å². The van der Waals surface area contributed by atoms with Gasteiger partial charge in [-0.25, -0.2) is 4.99 Å². The van der Waals surface area contributed by atoms with Crippen molar-refractivity contribution in [2.75, 3.05) is 0 Å². The summed E-state index contributed by atoms with van der Waals surface area (Å²) in [5, 5.41) is 19.7. The zero-order chi connectivity index (χ0) is 23.2. The molecule has 0 fully saturated rings. The second kappa shape index (κ2) is 7.59. The van der Waals surface area contributed by atoms with Gasteiger partial charge in [0.15, 0.2) is 11.4 Å². The maximum absolute atomic E-state index is 12.6. The van der Waals surface area contributed by atoms with Crippen LogP contribution in [0, 0.1) is 0 Å². The molecule has 7 nitrogen and oxygen atoms in total. The minimum atomic E-state index is -4.89. The van der Waals surface area contributed by atoms with Gasteiger partial charge in [-0.1, -0.05) is 36.4 Å². The number of para-hydroxylation sites is 2. The van der Waals surface area contributed by atoms with Crippen LogP contribution in [0.2, 0.25) is 0 Å². The highest BCUT2D eigenvalue weighted by Crippen LogP contribution is 2.41. The Hall–Kier alpha value is -4.47. The van der Waals surface area contributed by atoms with E-state index in [1.807, 2.05) is 18.2 Å². The predicted molar refractivity (Wildman–Crippen MR) is 112 cm³/mol. The zero-order valence-corrected chi connectivity index (χ0v) is 16.6. The first-order chi connectivity index (χ1) is 15.8. The zero-order valence-electron chi connectivity index (χ0n) is 16.6. The van der Waals surface area contributed by atoms with Crippen LogP contribution in [0.3, 0.4) is 0 Å². The quantitative estimate of drug-likeness (QED) is 0.471. The fourth-order valence-corrected chi connectivity index (χ4v) is 3.62. The Morgan fingerprint density at radius 3 is 2.42 bits per heavy atom. The molecule has 0 radical (unpaired) electrons. The van der Waals surface area contributed by atoms with E-state index in [1.54, 1.807) is 41.0 Å². The standard InChI is InChI=1S/C23H13F3N4O3/c24-23(25,26)33-14-10-11-17-16(12-14)19(21(31)27-17)28-29-20-15-8-4-5-9-18(15)30(22(20)32)13-6-2-1-3-7-13/h1-12,32H. The topological polar surface area (TPSA) is 88.5 Å². The molecule has 1 N–H and O–H groups in total. The van der Waals surface area contributed by atoms with E-state index in [2.05, 4.69) is 20.0 Å². The van der Waals surface area contributed by atoms with Gasteiger partial charge >= 0.3 is 6.36 Å². The molecule has 2 heterocycles. The monoisotopic (exact) mass is 450 g/mol. The third-order valence-electron chi connectivity index (χ3n) is 4.97. The van der Waals surface area contributed by atoms with Crippen LogP contribution in [-0.2, 0) is 4.79 Å². The summed E-state index contributed by atoms with van der Waals surface area (Å²) < 4.78 is 43.2. The van der Waals surface area contributed by atoms with Crippen LogP contribution in [0.25, 0.3) is 22.3 Å². The first-order valence-electron chi connectivity index (χ1n) is 9.64. The lowest BCUT2D eigenvalue weighted by atomic mass is 10.2. The minimum absolute atomic E-state index is 0.0526. The lowest BCUT2D eigenvalue weighted by Gasteiger charge is -2.07. The molecule has 1 amide bonds. The third-order valence-corrected chi connectivity index (χ3v) is 4.97. The van der Waals surface area contributed by atoms with E-state index >= 15 is 0 Å². The van der Waals surface area contributed by atoms with Gasteiger partial charge in [0, 0.05) is 16.3 Å². The number of carbonyl (C=O) groups excluding carboxylic acids is 1. The van der Waals surface area contributed by atoms with Gasteiger partial charge in [0.25, 0.3) is 5.91 Å². The average Bonchev–Trinajstić information content (AvgIpc) is 3.24. The van der Waals surface area contributed by atoms with E-state index in [-0.39, 0.29) is 27.8 Å². The highest BCUT2D eigenvalue weighted by Gasteiger charge is 2.31. The van der Waals surface area contributed by atoms with Gasteiger partial charge < -0.3 is 9.84 Å². The van der Waals surface area contributed by atoms with E-state index in [0.29, 0.717) is 16.6 Å². The Kier molecular flexibility index (Phi) is 4.70. The number of hydrogen-bond acceptors (Lipinski definition) is 5. The van der Waals surface area contributed by atoms with Crippen molar-refractivity contribution in [2.24, 2.45) is 15.2 Å². The molecule has 5 rings (SSSR count). The van der Waals surface area contributed by atoms with Crippen LogP contribution >= 0.6 is 0 Å². The maximum atomic E-state index is 12.6. The SMILES string of the molecule is O=C1N=c2ccc(OC(F)(F)F)cc2=C1N=Nc1c(O)n(-c2ccccc2)c2ccccc12. The summed E-state index contributed by atoms with van der Waals surface area (Å²) in [4.78, 5) is 16.1. The molecule has 1 aliphatic heterocycles. The Labute approximate surface area is 183 Å². The van der Waals surface area contributed by atoms with E-state index in [4.69, 9.17) is 0 Å². The molecule has 0 saturated heterocycles. The number of benzene rings is 3. The molecule has 10 heteroatoms. The Balaban J connectivity index is 1.65. The number of fused-ring (bicyclic) bond motifs is 2. The van der Waals surface area contributed by atoms with Gasteiger partial charge in [-0.2, -0.15) is 0 Å². The fourth-order valence-electron chi connectivity index (χ4n) is 3.62. The molecule has 0 aliphatic carbocycles. The van der Waals surface area contributed by atoms with Crippen molar-refractivity contribution in [1.82, 2.24) is 4.57 Å². The van der Waals surface area contributed by atoms with Crippen molar-refractivity contribution >= 4 is 28.2 Å². The number of hydrogen-bond donors (Lipinski definition) is 1. The molecule has 4 aromatic rings. The van der Waals surface area contributed by atoms with E-state index in [1.165, 1.54) is 6.07 Å². The van der Waals surface area contributed by atoms with Gasteiger partial charge in [-0.15, -0.1) is 23.4 Å². The van der Waals surface area contributed by atoms with Gasteiger partial charge in [-0.3, -0.25) is 9.36 Å². The minimum Gasteiger partial charge on any atom is -0.493 e. The molecule has 33 heavy (non-hydrogen) atoms. The average molecular weight is 450 g/mol. The normalized spacial score (nSPS) is 13.5. The fraction of sp³-hybridized carbons (Fsp3) is 0.0435.